The first-order chi connectivity index (χ1) is 45.4. The fourth-order valence-electron chi connectivity index (χ4n) is 14.8. The molecule has 0 aliphatic heterocycles. The maximum absolute atomic E-state index is 2.51. The maximum Gasteiger partial charge on any atom is 0.0726 e. The summed E-state index contributed by atoms with van der Waals surface area (Å²) in [6, 6.07) is 128. The Hall–Kier alpha value is -11.3. The summed E-state index contributed by atoms with van der Waals surface area (Å²) < 4.78 is 0. The molecule has 0 saturated heterocycles. The van der Waals surface area contributed by atoms with Crippen molar-refractivity contribution in [3.63, 3.8) is 0 Å². The molecule has 0 atom stereocenters. The fourth-order valence-corrected chi connectivity index (χ4v) is 14.8. The molecule has 0 bridgehead atoms. The molecule has 17 rings (SSSR count). The summed E-state index contributed by atoms with van der Waals surface area (Å²) in [4.78, 5) is 4.83. The highest BCUT2D eigenvalue weighted by molar-refractivity contribution is 6.01. The van der Waals surface area contributed by atoms with E-state index in [1.165, 1.54) is 117 Å². The van der Waals surface area contributed by atoms with Crippen molar-refractivity contribution in [3.05, 3.63) is 385 Å². The Bertz CT molecular complexity index is 4670. The molecule has 92 heavy (non-hydrogen) atoms. The minimum absolute atomic E-state index is 0.114. The number of nitrogens with zero attached hydrogens (tertiary/aromatic N) is 2. The minimum Gasteiger partial charge on any atom is -0.311 e. The molecule has 0 saturated carbocycles. The van der Waals surface area contributed by atoms with Gasteiger partial charge in [-0.1, -0.05) is 313 Å². The van der Waals surface area contributed by atoms with Crippen molar-refractivity contribution < 1.29 is 0 Å². The van der Waals surface area contributed by atoms with Gasteiger partial charge in [0, 0.05) is 39.4 Å². The largest absolute Gasteiger partial charge is 0.311 e. The fraction of sp³-hybridized carbons (Fsp3) is 0.0667. The summed E-state index contributed by atoms with van der Waals surface area (Å²) in [6.07, 6.45) is 0. The quantitative estimate of drug-likeness (QED) is 0.135. The van der Waals surface area contributed by atoms with Gasteiger partial charge in [-0.15, -0.1) is 0 Å². The molecule has 3 aliphatic carbocycles. The summed E-state index contributed by atoms with van der Waals surface area (Å²) >= 11 is 0. The number of fused-ring (bicyclic) bond motifs is 13. The first-order valence-corrected chi connectivity index (χ1v) is 32.3. The van der Waals surface area contributed by atoms with Gasteiger partial charge in [-0.05, 0) is 172 Å². The van der Waals surface area contributed by atoms with Crippen LogP contribution in [0.5, 0.6) is 0 Å². The van der Waals surface area contributed by atoms with Crippen LogP contribution < -0.4 is 9.80 Å². The van der Waals surface area contributed by atoms with Gasteiger partial charge >= 0.3 is 0 Å². The lowest BCUT2D eigenvalue weighted by atomic mass is 9.70. The topological polar surface area (TPSA) is 6.48 Å². The zero-order valence-corrected chi connectivity index (χ0v) is 52.4. The summed E-state index contributed by atoms with van der Waals surface area (Å²) in [7, 11) is 0. The Kier molecular flexibility index (Phi) is 15.0. The average Bonchev–Trinajstić information content (AvgIpc) is 1.52. The smallest absolute Gasteiger partial charge is 0.0726 e. The van der Waals surface area contributed by atoms with E-state index in [1.807, 2.05) is 13.8 Å². The van der Waals surface area contributed by atoms with Gasteiger partial charge < -0.3 is 9.80 Å². The van der Waals surface area contributed by atoms with E-state index in [2.05, 4.69) is 375 Å². The van der Waals surface area contributed by atoms with Crippen LogP contribution in [-0.2, 0) is 10.8 Å². The van der Waals surface area contributed by atoms with Crippen LogP contribution in [-0.4, -0.2) is 0 Å². The molecule has 440 valence electrons. The predicted octanol–water partition coefficient (Wildman–Crippen LogP) is 24.7. The molecule has 14 aromatic carbocycles. The lowest BCUT2D eigenvalue weighted by Crippen LogP contribution is -2.26. The third-order valence-corrected chi connectivity index (χ3v) is 19.0. The molecule has 0 radical (unpaired) electrons. The summed E-state index contributed by atoms with van der Waals surface area (Å²) in [6.45, 7) is 8.74. The van der Waals surface area contributed by atoms with Gasteiger partial charge in [-0.3, -0.25) is 0 Å². The Labute approximate surface area is 542 Å². The van der Waals surface area contributed by atoms with E-state index in [4.69, 9.17) is 0 Å². The second kappa shape index (κ2) is 24.2. The third-order valence-electron chi connectivity index (χ3n) is 19.0. The van der Waals surface area contributed by atoms with E-state index >= 15 is 0 Å². The van der Waals surface area contributed by atoms with Crippen LogP contribution in [0.25, 0.3) is 77.9 Å². The van der Waals surface area contributed by atoms with E-state index in [-0.39, 0.29) is 5.41 Å². The summed E-state index contributed by atoms with van der Waals surface area (Å²) in [5.41, 5.74) is 32.2. The standard InChI is InChI=1S/C52H37N.C36H27N.C2H6/c1-51(2)43-21-10-6-17-38(43)41-32-31-37(33-48(41)51)53(36-29-27-35(28-30-36)34-15-4-3-5-16-34)49-26-14-25-47-50(49)42-20-9-13-24-46(42)52(47)44-22-11-7-18-39(44)40-19-8-12-23-45(40)52;1-4-10-28(11-5-1)31-16-22-34(23-17-31)37(35-24-18-32(19-25-35)29-12-6-2-7-13-29)36-26-20-33(21-27-36)30-14-8-3-9-15-30;1-2/h3-33H,1-2H3;1-27H;1-2H3. The number of rotatable bonds is 10. The molecule has 0 aromatic heterocycles. The van der Waals surface area contributed by atoms with Gasteiger partial charge in [0.05, 0.1) is 11.1 Å². The van der Waals surface area contributed by atoms with Crippen LogP contribution in [0.15, 0.2) is 352 Å². The van der Waals surface area contributed by atoms with E-state index in [0.29, 0.717) is 0 Å². The second-order valence-electron chi connectivity index (χ2n) is 24.3. The average molecular weight is 1180 g/mol. The van der Waals surface area contributed by atoms with E-state index in [1.54, 1.807) is 0 Å². The van der Waals surface area contributed by atoms with Crippen LogP contribution in [0.2, 0.25) is 0 Å². The van der Waals surface area contributed by atoms with Crippen molar-refractivity contribution in [2.24, 2.45) is 0 Å². The van der Waals surface area contributed by atoms with Crippen LogP contribution >= 0.6 is 0 Å². The lowest BCUT2D eigenvalue weighted by Gasteiger charge is -2.32. The molecule has 2 nitrogen and oxygen atoms in total. The molecule has 0 unspecified atom stereocenters. The van der Waals surface area contributed by atoms with Gasteiger partial charge in [-0.25, -0.2) is 0 Å². The zero-order chi connectivity index (χ0) is 62.2. The highest BCUT2D eigenvalue weighted by Crippen LogP contribution is 2.65. The number of hydrogen-bond donors (Lipinski definition) is 0. The molecule has 2 heteroatoms. The van der Waals surface area contributed by atoms with Crippen LogP contribution in [0, 0.1) is 0 Å². The SMILES string of the molecule is CC.CC1(C)c2ccccc2-c2ccc(N(c3ccc(-c4ccccc4)cc3)c3cccc4c3-c3ccccc3C43c4ccccc4-c4ccccc43)cc21.c1ccc(-c2ccc(N(c3ccc(-c4ccccc4)cc3)c3ccc(-c4ccccc4)cc3)cc2)cc1. The van der Waals surface area contributed by atoms with Crippen LogP contribution in [0.4, 0.5) is 34.1 Å². The van der Waals surface area contributed by atoms with E-state index < -0.39 is 5.41 Å². The normalized spacial score (nSPS) is 12.7. The summed E-state index contributed by atoms with van der Waals surface area (Å²) in [5, 5.41) is 0. The van der Waals surface area contributed by atoms with Gasteiger partial charge in [-0.2, -0.15) is 0 Å². The van der Waals surface area contributed by atoms with Crippen LogP contribution in [0.3, 0.4) is 0 Å². The van der Waals surface area contributed by atoms with E-state index in [0.717, 1.165) is 28.4 Å². The Morgan fingerprint density at radius 3 is 0.891 bits per heavy atom. The summed E-state index contributed by atoms with van der Waals surface area (Å²) in [5.74, 6) is 0. The third kappa shape index (κ3) is 9.84. The van der Waals surface area contributed by atoms with Gasteiger partial charge in [0.15, 0.2) is 0 Å². The Morgan fingerprint density at radius 2 is 0.489 bits per heavy atom. The minimum atomic E-state index is -0.403. The van der Waals surface area contributed by atoms with Gasteiger partial charge in [0.1, 0.15) is 0 Å². The molecular formula is C90H70N2. The van der Waals surface area contributed by atoms with E-state index in [9.17, 15) is 0 Å². The maximum atomic E-state index is 2.51. The number of anilines is 6. The molecule has 0 fully saturated rings. The molecule has 3 aliphatic rings. The van der Waals surface area contributed by atoms with Crippen molar-refractivity contribution >= 4 is 34.1 Å². The Morgan fingerprint density at radius 1 is 0.207 bits per heavy atom. The van der Waals surface area contributed by atoms with Gasteiger partial charge in [0.2, 0.25) is 0 Å². The lowest BCUT2D eigenvalue weighted by molar-refractivity contribution is 0.660. The number of benzene rings is 14. The second-order valence-corrected chi connectivity index (χ2v) is 24.3. The zero-order valence-electron chi connectivity index (χ0n) is 52.4. The van der Waals surface area contributed by atoms with Crippen molar-refractivity contribution in [3.8, 4) is 77.9 Å². The van der Waals surface area contributed by atoms with Crippen LogP contribution in [0.1, 0.15) is 61.1 Å². The highest BCUT2D eigenvalue weighted by atomic mass is 15.1. The first kappa shape index (κ1) is 57.1. The van der Waals surface area contributed by atoms with Crippen molar-refractivity contribution in [2.45, 2.75) is 38.5 Å². The predicted molar refractivity (Wildman–Crippen MR) is 389 cm³/mol. The van der Waals surface area contributed by atoms with Crippen molar-refractivity contribution in [1.29, 1.82) is 0 Å². The Balaban J connectivity index is 0.000000158. The molecule has 0 heterocycles. The van der Waals surface area contributed by atoms with Gasteiger partial charge in [0.25, 0.3) is 0 Å². The van der Waals surface area contributed by atoms with Crippen molar-refractivity contribution in [2.75, 3.05) is 9.80 Å². The molecule has 0 amide bonds. The molecule has 14 aromatic rings. The van der Waals surface area contributed by atoms with Crippen molar-refractivity contribution in [1.82, 2.24) is 0 Å². The molecule has 0 N–H and O–H groups in total. The molecule has 1 spiro atoms. The number of hydrogen-bond acceptors (Lipinski definition) is 2. The first-order valence-electron chi connectivity index (χ1n) is 32.3. The molecular weight excluding hydrogens is 1110 g/mol. The monoisotopic (exact) mass is 1180 g/mol. The highest BCUT2D eigenvalue weighted by Gasteiger charge is 2.52.